The van der Waals surface area contributed by atoms with Gasteiger partial charge in [0.1, 0.15) is 5.75 Å². The number of para-hydroxylation sites is 1. The first-order valence-corrected chi connectivity index (χ1v) is 5.93. The van der Waals surface area contributed by atoms with E-state index in [1.54, 1.807) is 6.20 Å². The Morgan fingerprint density at radius 3 is 2.72 bits per heavy atom. The number of aryl methyl sites for hydroxylation is 1. The first-order valence-electron chi connectivity index (χ1n) is 5.93. The van der Waals surface area contributed by atoms with Crippen LogP contribution in [0.3, 0.4) is 0 Å². The summed E-state index contributed by atoms with van der Waals surface area (Å²) in [6, 6.07) is 11.7. The lowest BCUT2D eigenvalue weighted by Crippen LogP contribution is -2.30. The van der Waals surface area contributed by atoms with Crippen LogP contribution < -0.4 is 16.0 Å². The molecule has 3 N–H and O–H groups in total. The quantitative estimate of drug-likeness (QED) is 0.597. The van der Waals surface area contributed by atoms with Gasteiger partial charge in [0.2, 0.25) is 0 Å². The van der Waals surface area contributed by atoms with Crippen LogP contribution in [0.4, 0.5) is 0 Å². The summed E-state index contributed by atoms with van der Waals surface area (Å²) in [7, 11) is 1.90. The van der Waals surface area contributed by atoms with E-state index >= 15 is 0 Å². The minimum Gasteiger partial charge on any atom is -0.494 e. The van der Waals surface area contributed by atoms with Crippen molar-refractivity contribution in [1.82, 2.24) is 15.2 Å². The number of ether oxygens (including phenoxy) is 1. The molecule has 5 heteroatoms. The number of hydrogen-bond donors (Lipinski definition) is 2. The van der Waals surface area contributed by atoms with E-state index < -0.39 is 0 Å². The van der Waals surface area contributed by atoms with E-state index in [9.17, 15) is 0 Å². The molecule has 0 saturated carbocycles. The molecule has 1 aromatic heterocycles. The van der Waals surface area contributed by atoms with Crippen LogP contribution in [-0.4, -0.2) is 16.4 Å². The van der Waals surface area contributed by atoms with Crippen LogP contribution >= 0.6 is 0 Å². The first-order chi connectivity index (χ1) is 8.81. The van der Waals surface area contributed by atoms with E-state index in [0.29, 0.717) is 6.61 Å². The summed E-state index contributed by atoms with van der Waals surface area (Å²) < 4.78 is 7.46. The second kappa shape index (κ2) is 6.18. The van der Waals surface area contributed by atoms with Crippen molar-refractivity contribution in [3.63, 3.8) is 0 Å². The van der Waals surface area contributed by atoms with Gasteiger partial charge in [-0.05, 0) is 18.2 Å². The van der Waals surface area contributed by atoms with Gasteiger partial charge in [-0.1, -0.05) is 18.2 Å². The molecule has 0 spiro atoms. The van der Waals surface area contributed by atoms with Crippen LogP contribution in [-0.2, 0) is 7.05 Å². The Balaban J connectivity index is 1.87. The standard InChI is InChI=1S/C13H18N4O/c1-17-13(7-9-15-17)12(16-14)8-10-18-11-5-3-2-4-6-11/h2-7,9,12,16H,8,10,14H2,1H3. The molecule has 18 heavy (non-hydrogen) atoms. The van der Waals surface area contributed by atoms with Gasteiger partial charge in [-0.3, -0.25) is 16.0 Å². The van der Waals surface area contributed by atoms with Crippen molar-refractivity contribution < 1.29 is 4.74 Å². The Hall–Kier alpha value is -1.85. The monoisotopic (exact) mass is 246 g/mol. The molecule has 1 heterocycles. The maximum Gasteiger partial charge on any atom is 0.119 e. The van der Waals surface area contributed by atoms with Gasteiger partial charge in [0.05, 0.1) is 18.3 Å². The fraction of sp³-hybridized carbons (Fsp3) is 0.308. The highest BCUT2D eigenvalue weighted by atomic mass is 16.5. The van der Waals surface area contributed by atoms with Gasteiger partial charge < -0.3 is 4.74 Å². The fourth-order valence-corrected chi connectivity index (χ4v) is 1.85. The Bertz CT molecular complexity index is 469. The van der Waals surface area contributed by atoms with Gasteiger partial charge in [-0.15, -0.1) is 0 Å². The summed E-state index contributed by atoms with van der Waals surface area (Å²) in [6.07, 6.45) is 2.54. The zero-order valence-corrected chi connectivity index (χ0v) is 10.4. The maximum absolute atomic E-state index is 5.65. The number of rotatable bonds is 6. The highest BCUT2D eigenvalue weighted by Gasteiger charge is 2.13. The molecule has 1 unspecified atom stereocenters. The normalized spacial score (nSPS) is 12.3. The third-order valence-electron chi connectivity index (χ3n) is 2.84. The number of aromatic nitrogens is 2. The van der Waals surface area contributed by atoms with Crippen LogP contribution in [0.5, 0.6) is 5.75 Å². The van der Waals surface area contributed by atoms with Crippen molar-refractivity contribution in [2.24, 2.45) is 12.9 Å². The van der Waals surface area contributed by atoms with Crippen molar-refractivity contribution >= 4 is 0 Å². The average molecular weight is 246 g/mol. The van der Waals surface area contributed by atoms with Crippen LogP contribution in [0.2, 0.25) is 0 Å². The number of nitrogens with one attached hydrogen (secondary N) is 1. The van der Waals surface area contributed by atoms with Crippen LogP contribution in [0, 0.1) is 0 Å². The fourth-order valence-electron chi connectivity index (χ4n) is 1.85. The molecule has 0 bridgehead atoms. The zero-order chi connectivity index (χ0) is 12.8. The molecule has 2 rings (SSSR count). The molecule has 2 aromatic rings. The molecule has 0 amide bonds. The summed E-state index contributed by atoms with van der Waals surface area (Å²) in [5.74, 6) is 6.44. The summed E-state index contributed by atoms with van der Waals surface area (Å²) in [6.45, 7) is 0.601. The lowest BCUT2D eigenvalue weighted by atomic mass is 10.1. The predicted molar refractivity (Wildman–Crippen MR) is 69.8 cm³/mol. The van der Waals surface area contributed by atoms with Crippen molar-refractivity contribution in [3.05, 3.63) is 48.3 Å². The van der Waals surface area contributed by atoms with Crippen LogP contribution in [0.1, 0.15) is 18.2 Å². The first kappa shape index (κ1) is 12.6. The van der Waals surface area contributed by atoms with E-state index in [0.717, 1.165) is 17.9 Å². The van der Waals surface area contributed by atoms with Gasteiger partial charge in [0.25, 0.3) is 0 Å². The second-order valence-corrected chi connectivity index (χ2v) is 4.05. The summed E-state index contributed by atoms with van der Waals surface area (Å²) in [5.41, 5.74) is 3.84. The lowest BCUT2D eigenvalue weighted by molar-refractivity contribution is 0.283. The third-order valence-corrected chi connectivity index (χ3v) is 2.84. The van der Waals surface area contributed by atoms with Crippen molar-refractivity contribution in [2.75, 3.05) is 6.61 Å². The van der Waals surface area contributed by atoms with Crippen LogP contribution in [0.25, 0.3) is 0 Å². The minimum atomic E-state index is 0.0428. The molecule has 1 aromatic carbocycles. The summed E-state index contributed by atoms with van der Waals surface area (Å²) in [5, 5.41) is 4.13. The zero-order valence-electron chi connectivity index (χ0n) is 10.4. The topological polar surface area (TPSA) is 65.1 Å². The van der Waals surface area contributed by atoms with Gasteiger partial charge >= 0.3 is 0 Å². The van der Waals surface area contributed by atoms with E-state index in [2.05, 4.69) is 10.5 Å². The Kier molecular flexibility index (Phi) is 4.33. The molecule has 0 fully saturated rings. The molecule has 96 valence electrons. The highest BCUT2D eigenvalue weighted by molar-refractivity contribution is 5.20. The lowest BCUT2D eigenvalue weighted by Gasteiger charge is -2.16. The molecule has 0 aliphatic heterocycles. The smallest absolute Gasteiger partial charge is 0.119 e. The second-order valence-electron chi connectivity index (χ2n) is 4.05. The van der Waals surface area contributed by atoms with E-state index in [1.807, 2.05) is 48.1 Å². The Morgan fingerprint density at radius 1 is 1.33 bits per heavy atom. The molecule has 5 nitrogen and oxygen atoms in total. The molecular weight excluding hydrogens is 228 g/mol. The molecule has 0 aliphatic carbocycles. The molecule has 0 radical (unpaired) electrons. The summed E-state index contributed by atoms with van der Waals surface area (Å²) >= 11 is 0. The predicted octanol–water partition coefficient (Wildman–Crippen LogP) is 1.39. The van der Waals surface area contributed by atoms with Crippen molar-refractivity contribution in [3.8, 4) is 5.75 Å². The minimum absolute atomic E-state index is 0.0428. The number of benzene rings is 1. The summed E-state index contributed by atoms with van der Waals surface area (Å²) in [4.78, 5) is 0. The maximum atomic E-state index is 5.65. The number of hydrazine groups is 1. The SMILES string of the molecule is Cn1nccc1C(CCOc1ccccc1)NN. The van der Waals surface area contributed by atoms with Crippen molar-refractivity contribution in [1.29, 1.82) is 0 Å². The van der Waals surface area contributed by atoms with E-state index in [1.165, 1.54) is 0 Å². The van der Waals surface area contributed by atoms with Gasteiger partial charge in [-0.2, -0.15) is 5.10 Å². The van der Waals surface area contributed by atoms with Crippen LogP contribution in [0.15, 0.2) is 42.6 Å². The molecule has 0 aliphatic rings. The third kappa shape index (κ3) is 3.09. The Labute approximate surface area is 107 Å². The molecular formula is C13H18N4O. The van der Waals surface area contributed by atoms with Gasteiger partial charge in [0.15, 0.2) is 0 Å². The highest BCUT2D eigenvalue weighted by Crippen LogP contribution is 2.16. The largest absolute Gasteiger partial charge is 0.494 e. The van der Waals surface area contributed by atoms with Gasteiger partial charge in [-0.25, -0.2) is 0 Å². The van der Waals surface area contributed by atoms with Gasteiger partial charge in [0, 0.05) is 19.7 Å². The van der Waals surface area contributed by atoms with E-state index in [-0.39, 0.29) is 6.04 Å². The van der Waals surface area contributed by atoms with Crippen molar-refractivity contribution in [2.45, 2.75) is 12.5 Å². The number of nitrogens with zero attached hydrogens (tertiary/aromatic N) is 2. The van der Waals surface area contributed by atoms with E-state index in [4.69, 9.17) is 10.6 Å². The number of hydrogen-bond acceptors (Lipinski definition) is 4. The average Bonchev–Trinajstić information content (AvgIpc) is 2.82. The Morgan fingerprint density at radius 2 is 2.11 bits per heavy atom. The molecule has 1 atom stereocenters. The molecule has 0 saturated heterocycles. The number of nitrogens with two attached hydrogens (primary N) is 1.